The van der Waals surface area contributed by atoms with Crippen LogP contribution in [-0.2, 0) is 6.42 Å². The smallest absolute Gasteiger partial charge is 0.148 e. The Morgan fingerprint density at radius 2 is 1.84 bits per heavy atom. The molecule has 2 rings (SSSR count). The first-order chi connectivity index (χ1) is 9.06. The highest BCUT2D eigenvalue weighted by Crippen LogP contribution is 2.18. The number of nitrogen functional groups attached to an aromatic ring is 1. The van der Waals surface area contributed by atoms with Crippen LogP contribution in [0.25, 0.3) is 0 Å². The minimum atomic E-state index is -0.460. The Labute approximate surface area is 118 Å². The lowest BCUT2D eigenvalue weighted by atomic mass is 10.1. The van der Waals surface area contributed by atoms with Gasteiger partial charge >= 0.3 is 0 Å². The van der Waals surface area contributed by atoms with Crippen molar-refractivity contribution >= 4 is 27.3 Å². The van der Waals surface area contributed by atoms with E-state index in [4.69, 9.17) is 5.73 Å². The Balaban J connectivity index is 1.96. The van der Waals surface area contributed by atoms with Gasteiger partial charge in [-0.2, -0.15) is 0 Å². The molecule has 0 aliphatic heterocycles. The fraction of sp³-hybridized carbons (Fsp3) is 0.143. The molecule has 0 spiro atoms. The Hall–Kier alpha value is -1.62. The molecule has 0 amide bonds. The minimum Gasteiger partial charge on any atom is -0.396 e. The van der Waals surface area contributed by atoms with Crippen LogP contribution in [0.2, 0.25) is 0 Å². The Morgan fingerprint density at radius 3 is 2.58 bits per heavy atom. The van der Waals surface area contributed by atoms with E-state index in [0.717, 1.165) is 4.47 Å². The van der Waals surface area contributed by atoms with Crippen LogP contribution in [0, 0.1) is 11.6 Å². The van der Waals surface area contributed by atoms with Gasteiger partial charge in [-0.15, -0.1) is 0 Å². The summed E-state index contributed by atoms with van der Waals surface area (Å²) in [6.45, 7) is 0.511. The minimum absolute atomic E-state index is 0.114. The third-order valence-corrected chi connectivity index (χ3v) is 3.22. The number of hydrogen-bond acceptors (Lipinski definition) is 2. The van der Waals surface area contributed by atoms with Crippen molar-refractivity contribution in [2.24, 2.45) is 0 Å². The van der Waals surface area contributed by atoms with E-state index >= 15 is 0 Å². The van der Waals surface area contributed by atoms with Crippen molar-refractivity contribution in [1.29, 1.82) is 0 Å². The summed E-state index contributed by atoms with van der Waals surface area (Å²) in [6.07, 6.45) is 0.511. The molecule has 2 aromatic carbocycles. The highest BCUT2D eigenvalue weighted by molar-refractivity contribution is 9.10. The van der Waals surface area contributed by atoms with Gasteiger partial charge in [0, 0.05) is 16.7 Å². The van der Waals surface area contributed by atoms with Gasteiger partial charge in [-0.1, -0.05) is 15.9 Å². The molecule has 0 aliphatic carbocycles. The van der Waals surface area contributed by atoms with Crippen LogP contribution in [0.4, 0.5) is 20.2 Å². The average Bonchev–Trinajstić information content (AvgIpc) is 2.38. The number of rotatable bonds is 4. The van der Waals surface area contributed by atoms with Crippen molar-refractivity contribution in [2.45, 2.75) is 6.42 Å². The molecule has 100 valence electrons. The van der Waals surface area contributed by atoms with Gasteiger partial charge in [-0.05, 0) is 48.4 Å². The predicted octanol–water partition coefficient (Wildman–Crippen LogP) is 3.96. The number of benzene rings is 2. The van der Waals surface area contributed by atoms with E-state index < -0.39 is 5.82 Å². The summed E-state index contributed by atoms with van der Waals surface area (Å²) in [4.78, 5) is 0. The van der Waals surface area contributed by atoms with Gasteiger partial charge in [0.25, 0.3) is 0 Å². The summed E-state index contributed by atoms with van der Waals surface area (Å²) < 4.78 is 27.5. The molecule has 5 heteroatoms. The average molecular weight is 327 g/mol. The molecule has 3 N–H and O–H groups in total. The summed E-state index contributed by atoms with van der Waals surface area (Å²) in [5.41, 5.74) is 6.74. The van der Waals surface area contributed by atoms with E-state index in [9.17, 15) is 8.78 Å². The second-order valence-electron chi connectivity index (χ2n) is 4.15. The molecule has 2 aromatic rings. The van der Waals surface area contributed by atoms with Gasteiger partial charge in [0.2, 0.25) is 0 Å². The normalized spacial score (nSPS) is 10.5. The quantitative estimate of drug-likeness (QED) is 0.834. The van der Waals surface area contributed by atoms with Crippen molar-refractivity contribution < 1.29 is 8.78 Å². The number of nitrogens with one attached hydrogen (secondary N) is 1. The van der Waals surface area contributed by atoms with Crippen molar-refractivity contribution in [2.75, 3.05) is 17.6 Å². The zero-order valence-electron chi connectivity index (χ0n) is 10.1. The molecule has 0 bridgehead atoms. The Morgan fingerprint density at radius 1 is 1.05 bits per heavy atom. The molecule has 0 atom stereocenters. The van der Waals surface area contributed by atoms with Gasteiger partial charge < -0.3 is 11.1 Å². The molecule has 0 radical (unpaired) electrons. The van der Waals surface area contributed by atoms with Crippen LogP contribution >= 0.6 is 15.9 Å². The number of nitrogens with two attached hydrogens (primary N) is 1. The van der Waals surface area contributed by atoms with Crippen LogP contribution in [0.15, 0.2) is 40.9 Å². The van der Waals surface area contributed by atoms with Crippen LogP contribution < -0.4 is 11.1 Å². The maximum Gasteiger partial charge on any atom is 0.148 e. The summed E-state index contributed by atoms with van der Waals surface area (Å²) in [6, 6.07) is 9.32. The van der Waals surface area contributed by atoms with E-state index in [1.807, 2.05) is 0 Å². The van der Waals surface area contributed by atoms with E-state index in [1.54, 1.807) is 18.2 Å². The maximum absolute atomic E-state index is 13.5. The largest absolute Gasteiger partial charge is 0.396 e. The second-order valence-corrected chi connectivity index (χ2v) is 5.06. The molecular weight excluding hydrogens is 314 g/mol. The van der Waals surface area contributed by atoms with Crippen LogP contribution in [0.3, 0.4) is 0 Å². The standard InChI is InChI=1S/C14H13BrF2N2/c15-10-1-3-12(16)9(7-10)5-6-19-11-2-4-14(18)13(17)8-11/h1-4,7-8,19H,5-6,18H2. The lowest BCUT2D eigenvalue weighted by molar-refractivity contribution is 0.610. The molecule has 2 nitrogen and oxygen atoms in total. The highest BCUT2D eigenvalue weighted by atomic mass is 79.9. The van der Waals surface area contributed by atoms with Gasteiger partial charge in [0.15, 0.2) is 0 Å². The van der Waals surface area contributed by atoms with Crippen LogP contribution in [0.1, 0.15) is 5.56 Å². The van der Waals surface area contributed by atoms with Gasteiger partial charge in [0.05, 0.1) is 5.69 Å². The first-order valence-corrected chi connectivity index (χ1v) is 6.58. The molecule has 0 fully saturated rings. The molecular formula is C14H13BrF2N2. The highest BCUT2D eigenvalue weighted by Gasteiger charge is 2.03. The lowest BCUT2D eigenvalue weighted by Crippen LogP contribution is -2.06. The van der Waals surface area contributed by atoms with E-state index in [-0.39, 0.29) is 11.5 Å². The zero-order valence-corrected chi connectivity index (χ0v) is 11.7. The monoisotopic (exact) mass is 326 g/mol. The lowest BCUT2D eigenvalue weighted by Gasteiger charge is -2.08. The maximum atomic E-state index is 13.5. The number of halogens is 3. The third kappa shape index (κ3) is 3.67. The fourth-order valence-electron chi connectivity index (χ4n) is 1.71. The Kier molecular flexibility index (Phi) is 4.37. The molecule has 0 heterocycles. The topological polar surface area (TPSA) is 38.0 Å². The second kappa shape index (κ2) is 6.02. The number of anilines is 2. The van der Waals surface area contributed by atoms with Gasteiger partial charge in [-0.25, -0.2) is 8.78 Å². The summed E-state index contributed by atoms with van der Waals surface area (Å²) in [5, 5.41) is 3.03. The molecule has 0 aromatic heterocycles. The first-order valence-electron chi connectivity index (χ1n) is 5.79. The fourth-order valence-corrected chi connectivity index (χ4v) is 2.12. The van der Waals surface area contributed by atoms with Gasteiger partial charge in [-0.3, -0.25) is 0 Å². The molecule has 0 saturated heterocycles. The van der Waals surface area contributed by atoms with Crippen LogP contribution in [0.5, 0.6) is 0 Å². The molecule has 0 saturated carbocycles. The third-order valence-electron chi connectivity index (χ3n) is 2.73. The first kappa shape index (κ1) is 13.8. The van der Waals surface area contributed by atoms with E-state index in [0.29, 0.717) is 24.2 Å². The predicted molar refractivity (Wildman–Crippen MR) is 77.1 cm³/mol. The van der Waals surface area contributed by atoms with E-state index in [1.165, 1.54) is 18.2 Å². The van der Waals surface area contributed by atoms with Crippen molar-refractivity contribution in [3.63, 3.8) is 0 Å². The van der Waals surface area contributed by atoms with Gasteiger partial charge in [0.1, 0.15) is 11.6 Å². The van der Waals surface area contributed by atoms with Crippen LogP contribution in [-0.4, -0.2) is 6.54 Å². The molecule has 0 aliphatic rings. The zero-order chi connectivity index (χ0) is 13.8. The van der Waals surface area contributed by atoms with E-state index in [2.05, 4.69) is 21.2 Å². The summed E-state index contributed by atoms with van der Waals surface area (Å²) >= 11 is 3.30. The van der Waals surface area contributed by atoms with Crippen molar-refractivity contribution in [1.82, 2.24) is 0 Å². The summed E-state index contributed by atoms with van der Waals surface area (Å²) in [5.74, 6) is -0.702. The molecule has 0 unspecified atom stereocenters. The van der Waals surface area contributed by atoms with Crippen molar-refractivity contribution in [3.05, 3.63) is 58.1 Å². The summed E-state index contributed by atoms with van der Waals surface area (Å²) in [7, 11) is 0. The molecule has 19 heavy (non-hydrogen) atoms. The Bertz CT molecular complexity index is 588. The number of hydrogen-bond donors (Lipinski definition) is 2. The SMILES string of the molecule is Nc1ccc(NCCc2cc(Br)ccc2F)cc1F. The van der Waals surface area contributed by atoms with Crippen molar-refractivity contribution in [3.8, 4) is 0 Å².